The molecule has 0 unspecified atom stereocenters. The number of hydrogen-bond donors (Lipinski definition) is 2. The van der Waals surface area contributed by atoms with Gasteiger partial charge in [-0.1, -0.05) is 13.8 Å². The van der Waals surface area contributed by atoms with Gasteiger partial charge in [0.15, 0.2) is 0 Å². The Kier molecular flexibility index (Phi) is 4.65. The van der Waals surface area contributed by atoms with Crippen LogP contribution >= 0.6 is 0 Å². The molecule has 0 radical (unpaired) electrons. The fourth-order valence-corrected chi connectivity index (χ4v) is 1.36. The lowest BCUT2D eigenvalue weighted by Crippen LogP contribution is -2.43. The maximum absolute atomic E-state index is 5.50. The summed E-state index contributed by atoms with van der Waals surface area (Å²) in [5.41, 5.74) is 5.80. The van der Waals surface area contributed by atoms with Crippen molar-refractivity contribution in [2.45, 2.75) is 38.6 Å². The topological polar surface area (TPSA) is 38.0 Å². The van der Waals surface area contributed by atoms with Gasteiger partial charge in [-0.25, -0.2) is 0 Å². The fraction of sp³-hybridized carbons (Fsp3) is 1.00. The Morgan fingerprint density at radius 1 is 1.30 bits per heavy atom. The number of hydrogen-bond acceptors (Lipinski definition) is 2. The van der Waals surface area contributed by atoms with Crippen molar-refractivity contribution in [2.75, 3.05) is 13.6 Å². The molecule has 2 heteroatoms. The van der Waals surface area contributed by atoms with Gasteiger partial charge in [0.2, 0.25) is 0 Å². The summed E-state index contributed by atoms with van der Waals surface area (Å²) < 4.78 is 0. The molecule has 0 aromatic carbocycles. The Morgan fingerprint density at radius 2 is 1.80 bits per heavy atom. The largest absolute Gasteiger partial charge is 0.330 e. The van der Waals surface area contributed by atoms with Gasteiger partial charge in [0.25, 0.3) is 0 Å². The van der Waals surface area contributed by atoms with Crippen LogP contribution in [-0.4, -0.2) is 19.1 Å². The minimum atomic E-state index is 0.300. The molecule has 0 amide bonds. The lowest BCUT2D eigenvalue weighted by atomic mass is 9.89. The van der Waals surface area contributed by atoms with Crippen molar-refractivity contribution < 1.29 is 0 Å². The molecule has 0 aliphatic heterocycles. The van der Waals surface area contributed by atoms with Gasteiger partial charge in [0.05, 0.1) is 0 Å². The molecule has 0 atom stereocenters. The van der Waals surface area contributed by atoms with Crippen LogP contribution in [0.25, 0.3) is 0 Å². The summed E-state index contributed by atoms with van der Waals surface area (Å²) in [5, 5.41) is 3.34. The normalized spacial score (nSPS) is 12.0. The second kappa shape index (κ2) is 4.69. The van der Waals surface area contributed by atoms with E-state index in [1.807, 2.05) is 7.05 Å². The van der Waals surface area contributed by atoms with Crippen molar-refractivity contribution in [1.29, 1.82) is 0 Å². The molecule has 0 bridgehead atoms. The second-order valence-corrected chi connectivity index (χ2v) is 2.78. The standard InChI is InChI=1S/C8H20N2/c1-4-8(5-2,10-3)6-7-9/h10H,4-7,9H2,1-3H3. The Morgan fingerprint density at radius 3 is 1.90 bits per heavy atom. The zero-order valence-corrected chi connectivity index (χ0v) is 7.41. The van der Waals surface area contributed by atoms with Gasteiger partial charge in [-0.2, -0.15) is 0 Å². The van der Waals surface area contributed by atoms with Gasteiger partial charge < -0.3 is 11.1 Å². The molecular weight excluding hydrogens is 124 g/mol. The molecule has 0 aromatic heterocycles. The molecule has 2 nitrogen and oxygen atoms in total. The predicted octanol–water partition coefficient (Wildman–Crippen LogP) is 1.11. The van der Waals surface area contributed by atoms with E-state index in [2.05, 4.69) is 19.2 Å². The first-order valence-corrected chi connectivity index (χ1v) is 4.13. The monoisotopic (exact) mass is 144 g/mol. The van der Waals surface area contributed by atoms with Crippen LogP contribution in [0.4, 0.5) is 0 Å². The van der Waals surface area contributed by atoms with Gasteiger partial charge >= 0.3 is 0 Å². The number of nitrogens with two attached hydrogens (primary N) is 1. The molecule has 0 fully saturated rings. The molecule has 0 heterocycles. The third-order valence-corrected chi connectivity index (χ3v) is 2.51. The first-order valence-electron chi connectivity index (χ1n) is 4.13. The third-order valence-electron chi connectivity index (χ3n) is 2.51. The van der Waals surface area contributed by atoms with Crippen molar-refractivity contribution in [2.24, 2.45) is 5.73 Å². The zero-order chi connectivity index (χ0) is 8.04. The quantitative estimate of drug-likeness (QED) is 0.606. The minimum Gasteiger partial charge on any atom is -0.330 e. The Balaban J connectivity index is 3.87. The van der Waals surface area contributed by atoms with Crippen LogP contribution in [0.5, 0.6) is 0 Å². The summed E-state index contributed by atoms with van der Waals surface area (Å²) in [7, 11) is 2.02. The van der Waals surface area contributed by atoms with Crippen LogP contribution in [0.1, 0.15) is 33.1 Å². The highest BCUT2D eigenvalue weighted by atomic mass is 14.9. The van der Waals surface area contributed by atoms with Gasteiger partial charge in [0, 0.05) is 5.54 Å². The van der Waals surface area contributed by atoms with Crippen LogP contribution in [0, 0.1) is 0 Å². The SMILES string of the molecule is CCC(CC)(CCN)NC. The van der Waals surface area contributed by atoms with Crippen molar-refractivity contribution in [3.05, 3.63) is 0 Å². The minimum absolute atomic E-state index is 0.300. The van der Waals surface area contributed by atoms with E-state index in [0.29, 0.717) is 5.54 Å². The lowest BCUT2D eigenvalue weighted by molar-refractivity contribution is 0.306. The molecule has 0 saturated heterocycles. The molecule has 0 rings (SSSR count). The average molecular weight is 144 g/mol. The fourth-order valence-electron chi connectivity index (χ4n) is 1.36. The Bertz CT molecular complexity index is 69.1. The summed E-state index contributed by atoms with van der Waals surface area (Å²) in [4.78, 5) is 0. The highest BCUT2D eigenvalue weighted by molar-refractivity contribution is 4.83. The van der Waals surface area contributed by atoms with Gasteiger partial charge in [-0.15, -0.1) is 0 Å². The molecule has 0 aromatic rings. The van der Waals surface area contributed by atoms with E-state index in [1.165, 1.54) is 0 Å². The van der Waals surface area contributed by atoms with Gasteiger partial charge in [-0.05, 0) is 32.9 Å². The van der Waals surface area contributed by atoms with E-state index in [1.54, 1.807) is 0 Å². The Labute approximate surface area is 64.2 Å². The van der Waals surface area contributed by atoms with Crippen molar-refractivity contribution >= 4 is 0 Å². The summed E-state index contributed by atoms with van der Waals surface area (Å²) in [6.45, 7) is 5.19. The van der Waals surface area contributed by atoms with Crippen molar-refractivity contribution in [3.8, 4) is 0 Å². The highest BCUT2D eigenvalue weighted by Crippen LogP contribution is 2.17. The number of rotatable bonds is 5. The van der Waals surface area contributed by atoms with E-state index < -0.39 is 0 Å². The summed E-state index contributed by atoms with van der Waals surface area (Å²) in [6.07, 6.45) is 3.41. The van der Waals surface area contributed by atoms with Crippen LogP contribution in [0.3, 0.4) is 0 Å². The van der Waals surface area contributed by atoms with Crippen LogP contribution in [0.15, 0.2) is 0 Å². The lowest BCUT2D eigenvalue weighted by Gasteiger charge is -2.30. The summed E-state index contributed by atoms with van der Waals surface area (Å²) in [5.74, 6) is 0. The highest BCUT2D eigenvalue weighted by Gasteiger charge is 2.21. The van der Waals surface area contributed by atoms with E-state index in [0.717, 1.165) is 25.8 Å². The molecular formula is C8H20N2. The summed E-state index contributed by atoms with van der Waals surface area (Å²) in [6, 6.07) is 0. The predicted molar refractivity (Wildman–Crippen MR) is 46.0 cm³/mol. The van der Waals surface area contributed by atoms with Crippen LogP contribution < -0.4 is 11.1 Å². The first kappa shape index (κ1) is 9.92. The van der Waals surface area contributed by atoms with Crippen LogP contribution in [0.2, 0.25) is 0 Å². The van der Waals surface area contributed by atoms with Crippen molar-refractivity contribution in [1.82, 2.24) is 5.32 Å². The van der Waals surface area contributed by atoms with Gasteiger partial charge in [-0.3, -0.25) is 0 Å². The van der Waals surface area contributed by atoms with E-state index >= 15 is 0 Å². The maximum atomic E-state index is 5.50. The molecule has 0 spiro atoms. The first-order chi connectivity index (χ1) is 4.74. The number of nitrogens with one attached hydrogen (secondary N) is 1. The third kappa shape index (κ3) is 2.27. The van der Waals surface area contributed by atoms with Crippen LogP contribution in [-0.2, 0) is 0 Å². The van der Waals surface area contributed by atoms with E-state index in [9.17, 15) is 0 Å². The van der Waals surface area contributed by atoms with Gasteiger partial charge in [0.1, 0.15) is 0 Å². The maximum Gasteiger partial charge on any atom is 0.0185 e. The molecule has 0 aliphatic carbocycles. The molecule has 62 valence electrons. The average Bonchev–Trinajstić information content (AvgIpc) is 2.01. The smallest absolute Gasteiger partial charge is 0.0185 e. The van der Waals surface area contributed by atoms with E-state index in [4.69, 9.17) is 5.73 Å². The summed E-state index contributed by atoms with van der Waals surface area (Å²) >= 11 is 0. The van der Waals surface area contributed by atoms with Crippen molar-refractivity contribution in [3.63, 3.8) is 0 Å². The molecule has 10 heavy (non-hydrogen) atoms. The zero-order valence-electron chi connectivity index (χ0n) is 7.41. The Hall–Kier alpha value is -0.0800. The molecule has 0 aliphatic rings. The molecule has 0 saturated carbocycles. The van der Waals surface area contributed by atoms with E-state index in [-0.39, 0.29) is 0 Å². The molecule has 3 N–H and O–H groups in total. The second-order valence-electron chi connectivity index (χ2n) is 2.78.